The highest BCUT2D eigenvalue weighted by atomic mass is 32.2. The molecule has 0 bridgehead atoms. The largest absolute Gasteiger partial charge is 0.269 e. The highest BCUT2D eigenvalue weighted by Crippen LogP contribution is 2.10. The number of hydrogen-bond donors (Lipinski definition) is 2. The number of sulfone groups is 1. The summed E-state index contributed by atoms with van der Waals surface area (Å²) in [6.45, 7) is 1.79. The number of carbonyl (C=O) groups is 2. The molecule has 120 valence electrons. The number of rotatable bonds is 3. The molecule has 6 nitrogen and oxygen atoms in total. The van der Waals surface area contributed by atoms with Crippen LogP contribution in [0.25, 0.3) is 0 Å². The summed E-state index contributed by atoms with van der Waals surface area (Å²) in [5, 5.41) is 0. The fraction of sp³-hybridized carbons (Fsp3) is 0.125. The van der Waals surface area contributed by atoms with Crippen molar-refractivity contribution in [1.82, 2.24) is 10.9 Å². The molecule has 2 aromatic carbocycles. The maximum atomic E-state index is 12.0. The van der Waals surface area contributed by atoms with Gasteiger partial charge in [0.25, 0.3) is 11.8 Å². The van der Waals surface area contributed by atoms with Crippen molar-refractivity contribution in [1.29, 1.82) is 0 Å². The molecule has 0 radical (unpaired) electrons. The van der Waals surface area contributed by atoms with E-state index in [2.05, 4.69) is 10.9 Å². The second-order valence-corrected chi connectivity index (χ2v) is 7.04. The van der Waals surface area contributed by atoms with Crippen molar-refractivity contribution < 1.29 is 18.0 Å². The van der Waals surface area contributed by atoms with Crippen molar-refractivity contribution in [3.05, 3.63) is 65.2 Å². The summed E-state index contributed by atoms with van der Waals surface area (Å²) in [5.74, 6) is -0.962. The molecular formula is C16H16N2O4S. The molecule has 0 aliphatic carbocycles. The van der Waals surface area contributed by atoms with Gasteiger partial charge in [0.15, 0.2) is 9.84 Å². The van der Waals surface area contributed by atoms with Gasteiger partial charge in [0.2, 0.25) is 0 Å². The predicted octanol–water partition coefficient (Wildman–Crippen LogP) is 1.47. The van der Waals surface area contributed by atoms with Crippen LogP contribution in [0.3, 0.4) is 0 Å². The summed E-state index contributed by atoms with van der Waals surface area (Å²) in [5.41, 5.74) is 6.11. The standard InChI is InChI=1S/C16H16N2O4S/c1-11-5-3-4-6-14(11)16(20)18-17-15(19)12-7-9-13(10-8-12)23(2,21)22/h3-10H,1-2H3,(H,17,19)(H,18,20). The van der Waals surface area contributed by atoms with E-state index in [1.165, 1.54) is 24.3 Å². The lowest BCUT2D eigenvalue weighted by atomic mass is 10.1. The fourth-order valence-corrected chi connectivity index (χ4v) is 2.56. The Morgan fingerprint density at radius 1 is 0.870 bits per heavy atom. The molecule has 2 rings (SSSR count). The topological polar surface area (TPSA) is 92.3 Å². The minimum Gasteiger partial charge on any atom is -0.267 e. The first-order chi connectivity index (χ1) is 10.8. The Kier molecular flexibility index (Phi) is 4.80. The van der Waals surface area contributed by atoms with E-state index >= 15 is 0 Å². The van der Waals surface area contributed by atoms with Crippen LogP contribution in [0.2, 0.25) is 0 Å². The molecular weight excluding hydrogens is 316 g/mol. The van der Waals surface area contributed by atoms with Gasteiger partial charge < -0.3 is 0 Å². The van der Waals surface area contributed by atoms with E-state index < -0.39 is 21.7 Å². The van der Waals surface area contributed by atoms with Gasteiger partial charge in [-0.25, -0.2) is 8.42 Å². The van der Waals surface area contributed by atoms with Crippen LogP contribution >= 0.6 is 0 Å². The Hall–Kier alpha value is -2.67. The Morgan fingerprint density at radius 3 is 2.00 bits per heavy atom. The third-order valence-corrected chi connectivity index (χ3v) is 4.35. The molecule has 0 aliphatic heterocycles. The molecule has 2 N–H and O–H groups in total. The molecule has 0 aliphatic rings. The molecule has 0 atom stereocenters. The Morgan fingerprint density at radius 2 is 1.43 bits per heavy atom. The summed E-state index contributed by atoms with van der Waals surface area (Å²) in [6, 6.07) is 12.4. The molecule has 0 heterocycles. The number of hydrogen-bond acceptors (Lipinski definition) is 4. The van der Waals surface area contributed by atoms with Crippen LogP contribution in [0, 0.1) is 6.92 Å². The summed E-state index contributed by atoms with van der Waals surface area (Å²) in [6.07, 6.45) is 1.09. The summed E-state index contributed by atoms with van der Waals surface area (Å²) in [7, 11) is -3.31. The summed E-state index contributed by atoms with van der Waals surface area (Å²) in [4.78, 5) is 24.1. The molecule has 0 spiro atoms. The minimum atomic E-state index is -3.31. The zero-order valence-corrected chi connectivity index (χ0v) is 13.5. The fourth-order valence-electron chi connectivity index (χ4n) is 1.93. The van der Waals surface area contributed by atoms with E-state index in [9.17, 15) is 18.0 Å². The lowest BCUT2D eigenvalue weighted by molar-refractivity contribution is 0.0846. The van der Waals surface area contributed by atoms with Crippen LogP contribution in [0.4, 0.5) is 0 Å². The van der Waals surface area contributed by atoms with Gasteiger partial charge in [-0.1, -0.05) is 18.2 Å². The third kappa shape index (κ3) is 4.17. The van der Waals surface area contributed by atoms with E-state index in [1.54, 1.807) is 25.1 Å². The number of benzene rings is 2. The third-order valence-electron chi connectivity index (χ3n) is 3.22. The Bertz CT molecular complexity index is 843. The zero-order chi connectivity index (χ0) is 17.0. The molecule has 0 aromatic heterocycles. The second-order valence-electron chi connectivity index (χ2n) is 5.02. The van der Waals surface area contributed by atoms with Gasteiger partial charge in [-0.05, 0) is 42.8 Å². The molecule has 0 saturated heterocycles. The monoisotopic (exact) mass is 332 g/mol. The average Bonchev–Trinajstić information content (AvgIpc) is 2.52. The minimum absolute atomic E-state index is 0.123. The van der Waals surface area contributed by atoms with Gasteiger partial charge >= 0.3 is 0 Å². The summed E-state index contributed by atoms with van der Waals surface area (Å²) >= 11 is 0. The first kappa shape index (κ1) is 16.7. The van der Waals surface area contributed by atoms with E-state index in [0.29, 0.717) is 5.56 Å². The highest BCUT2D eigenvalue weighted by molar-refractivity contribution is 7.90. The van der Waals surface area contributed by atoms with E-state index in [4.69, 9.17) is 0 Å². The molecule has 2 amide bonds. The normalized spacial score (nSPS) is 10.9. The number of nitrogens with one attached hydrogen (secondary N) is 2. The van der Waals surface area contributed by atoms with Crippen LogP contribution < -0.4 is 10.9 Å². The molecule has 0 fully saturated rings. The van der Waals surface area contributed by atoms with Crippen LogP contribution in [0.5, 0.6) is 0 Å². The van der Waals surface area contributed by atoms with Crippen molar-refractivity contribution >= 4 is 21.7 Å². The Labute approximate surface area is 134 Å². The van der Waals surface area contributed by atoms with Crippen molar-refractivity contribution in [2.75, 3.05) is 6.26 Å². The number of amides is 2. The number of hydrazine groups is 1. The molecule has 7 heteroatoms. The van der Waals surface area contributed by atoms with Crippen molar-refractivity contribution in [2.45, 2.75) is 11.8 Å². The van der Waals surface area contributed by atoms with Crippen molar-refractivity contribution in [3.8, 4) is 0 Å². The van der Waals surface area contributed by atoms with Gasteiger partial charge in [-0.2, -0.15) is 0 Å². The lowest BCUT2D eigenvalue weighted by Crippen LogP contribution is -2.41. The number of aryl methyl sites for hydroxylation is 1. The zero-order valence-electron chi connectivity index (χ0n) is 12.7. The van der Waals surface area contributed by atoms with Crippen LogP contribution in [0.1, 0.15) is 26.3 Å². The second kappa shape index (κ2) is 6.62. The van der Waals surface area contributed by atoms with E-state index in [1.807, 2.05) is 6.07 Å². The smallest absolute Gasteiger partial charge is 0.267 e. The molecule has 23 heavy (non-hydrogen) atoms. The quantitative estimate of drug-likeness (QED) is 0.833. The van der Waals surface area contributed by atoms with Crippen LogP contribution in [0.15, 0.2) is 53.4 Å². The van der Waals surface area contributed by atoms with Gasteiger partial charge in [-0.3, -0.25) is 20.4 Å². The van der Waals surface area contributed by atoms with E-state index in [-0.39, 0.29) is 10.5 Å². The predicted molar refractivity (Wildman–Crippen MR) is 85.7 cm³/mol. The van der Waals surface area contributed by atoms with Crippen LogP contribution in [-0.2, 0) is 9.84 Å². The van der Waals surface area contributed by atoms with E-state index in [0.717, 1.165) is 11.8 Å². The molecule has 0 unspecified atom stereocenters. The summed E-state index contributed by atoms with van der Waals surface area (Å²) < 4.78 is 22.7. The van der Waals surface area contributed by atoms with Gasteiger partial charge in [0.1, 0.15) is 0 Å². The average molecular weight is 332 g/mol. The van der Waals surface area contributed by atoms with Crippen molar-refractivity contribution in [3.63, 3.8) is 0 Å². The van der Waals surface area contributed by atoms with Gasteiger partial charge in [0.05, 0.1) is 4.90 Å². The molecule has 0 saturated carbocycles. The van der Waals surface area contributed by atoms with Gasteiger partial charge in [0, 0.05) is 17.4 Å². The SMILES string of the molecule is Cc1ccccc1C(=O)NNC(=O)c1ccc(S(C)(=O)=O)cc1. The number of carbonyl (C=O) groups excluding carboxylic acids is 2. The lowest BCUT2D eigenvalue weighted by Gasteiger charge is -2.09. The first-order valence-electron chi connectivity index (χ1n) is 6.75. The van der Waals surface area contributed by atoms with Crippen molar-refractivity contribution in [2.24, 2.45) is 0 Å². The van der Waals surface area contributed by atoms with Gasteiger partial charge in [-0.15, -0.1) is 0 Å². The molecule has 2 aromatic rings. The Balaban J connectivity index is 2.03. The highest BCUT2D eigenvalue weighted by Gasteiger charge is 2.12. The maximum absolute atomic E-state index is 12.0. The maximum Gasteiger partial charge on any atom is 0.269 e. The van der Waals surface area contributed by atoms with Crippen LogP contribution in [-0.4, -0.2) is 26.5 Å². The first-order valence-corrected chi connectivity index (χ1v) is 8.64.